The molecule has 9 heteroatoms. The van der Waals surface area contributed by atoms with Crippen molar-refractivity contribution in [1.82, 2.24) is 9.80 Å². The van der Waals surface area contributed by atoms with Crippen LogP contribution in [0.15, 0.2) is 36.5 Å². The highest BCUT2D eigenvalue weighted by Gasteiger charge is 2.43. The van der Waals surface area contributed by atoms with Crippen LogP contribution in [0.5, 0.6) is 0 Å². The minimum Gasteiger partial charge on any atom is -0.480 e. The highest BCUT2D eigenvalue weighted by Crippen LogP contribution is 2.46. The molecule has 8 nitrogen and oxygen atoms in total. The highest BCUT2D eigenvalue weighted by molar-refractivity contribution is 5.93. The lowest BCUT2D eigenvalue weighted by Crippen LogP contribution is -2.52. The molecule has 0 aromatic heterocycles. The first-order valence-corrected chi connectivity index (χ1v) is 12.2. The summed E-state index contributed by atoms with van der Waals surface area (Å²) in [6.45, 7) is 16.2. The lowest BCUT2D eigenvalue weighted by molar-refractivity contribution is -0.143. The van der Waals surface area contributed by atoms with Gasteiger partial charge in [-0.05, 0) is 85.4 Å². The van der Waals surface area contributed by atoms with Gasteiger partial charge in [0.05, 0.1) is 0 Å². The molecular formula is C27H39FN2O6. The van der Waals surface area contributed by atoms with Gasteiger partial charge in [-0.2, -0.15) is 4.90 Å². The number of hydrogen-bond donors (Lipinski definition) is 1. The van der Waals surface area contributed by atoms with Gasteiger partial charge in [0.15, 0.2) is 0 Å². The van der Waals surface area contributed by atoms with E-state index in [9.17, 15) is 23.9 Å². The smallest absolute Gasteiger partial charge is 0.420 e. The van der Waals surface area contributed by atoms with Crippen LogP contribution in [-0.2, 0) is 14.3 Å². The molecule has 2 amide bonds. The third-order valence-electron chi connectivity index (χ3n) is 5.60. The van der Waals surface area contributed by atoms with Crippen LogP contribution >= 0.6 is 0 Å². The first kappa shape index (κ1) is 29.1. The Morgan fingerprint density at radius 2 is 1.56 bits per heavy atom. The monoisotopic (exact) mass is 506 g/mol. The molecule has 1 fully saturated rings. The molecule has 0 heterocycles. The molecule has 0 bridgehead atoms. The first-order chi connectivity index (χ1) is 16.5. The molecule has 0 spiro atoms. The molecular weight excluding hydrogens is 467 g/mol. The van der Waals surface area contributed by atoms with Gasteiger partial charge in [-0.1, -0.05) is 18.7 Å². The quantitative estimate of drug-likeness (QED) is 0.444. The summed E-state index contributed by atoms with van der Waals surface area (Å²) < 4.78 is 23.9. The van der Waals surface area contributed by atoms with E-state index in [4.69, 9.17) is 9.47 Å². The number of ether oxygens (including phenoxy) is 2. The Morgan fingerprint density at radius 1 is 1.06 bits per heavy atom. The van der Waals surface area contributed by atoms with Gasteiger partial charge in [0.25, 0.3) is 0 Å². The Balaban J connectivity index is 2.14. The SMILES string of the molecule is C=C(C)N(CCC[C@@H](C(=O)O)N(C(=O)OC(C)(C)C)C(=O)OC(C)(C)C)[C@@H]1C[C@H]1c1ccc(F)cc1. The summed E-state index contributed by atoms with van der Waals surface area (Å²) >= 11 is 0. The van der Waals surface area contributed by atoms with Gasteiger partial charge in [-0.3, -0.25) is 0 Å². The summed E-state index contributed by atoms with van der Waals surface area (Å²) in [6.07, 6.45) is -0.883. The number of carboxylic acids is 1. The Morgan fingerprint density at radius 3 is 1.97 bits per heavy atom. The van der Waals surface area contributed by atoms with Gasteiger partial charge in [-0.15, -0.1) is 0 Å². The zero-order chi connectivity index (χ0) is 27.4. The maximum absolute atomic E-state index is 13.3. The second-order valence-electron chi connectivity index (χ2n) is 11.2. The standard InChI is InChI=1S/C27H39FN2O6/c1-17(2)29(22-16-20(22)18-11-13-19(28)14-12-18)15-9-10-21(23(31)32)30(24(33)35-26(3,4)5)25(34)36-27(6,7)8/h11-14,20-22H,1,9-10,15-16H2,2-8H3,(H,31,32)/t20-,21-,22+/m0/s1. The second-order valence-corrected chi connectivity index (χ2v) is 11.2. The summed E-state index contributed by atoms with van der Waals surface area (Å²) in [7, 11) is 0. The number of carbonyl (C=O) groups is 3. The van der Waals surface area contributed by atoms with Crippen LogP contribution in [0, 0.1) is 5.82 Å². The summed E-state index contributed by atoms with van der Waals surface area (Å²) in [4.78, 5) is 40.6. The minimum absolute atomic E-state index is 0.00549. The number of allylic oxidation sites excluding steroid dienone is 1. The van der Waals surface area contributed by atoms with Crippen LogP contribution in [0.2, 0.25) is 0 Å². The van der Waals surface area contributed by atoms with E-state index >= 15 is 0 Å². The number of carbonyl (C=O) groups excluding carboxylic acids is 2. The number of amides is 2. The van der Waals surface area contributed by atoms with Gasteiger partial charge < -0.3 is 19.5 Å². The predicted octanol–water partition coefficient (Wildman–Crippen LogP) is 5.92. The van der Waals surface area contributed by atoms with Crippen LogP contribution in [0.1, 0.15) is 79.2 Å². The molecule has 2 rings (SSSR count). The van der Waals surface area contributed by atoms with Gasteiger partial charge in [-0.25, -0.2) is 18.8 Å². The number of rotatable bonds is 9. The van der Waals surface area contributed by atoms with Gasteiger partial charge in [0.1, 0.15) is 23.1 Å². The normalized spacial score (nSPS) is 18.1. The number of carboxylic acid groups (broad SMARTS) is 1. The van der Waals surface area contributed by atoms with E-state index in [0.29, 0.717) is 17.9 Å². The average molecular weight is 507 g/mol. The molecule has 0 unspecified atom stereocenters. The summed E-state index contributed by atoms with van der Waals surface area (Å²) in [5, 5.41) is 9.93. The van der Waals surface area contributed by atoms with E-state index in [-0.39, 0.29) is 24.2 Å². The van der Waals surface area contributed by atoms with E-state index in [1.807, 2.05) is 6.92 Å². The zero-order valence-electron chi connectivity index (χ0n) is 22.3. The largest absolute Gasteiger partial charge is 0.480 e. The van der Waals surface area contributed by atoms with E-state index in [1.165, 1.54) is 12.1 Å². The van der Waals surface area contributed by atoms with Crippen molar-refractivity contribution in [3.63, 3.8) is 0 Å². The molecule has 0 saturated heterocycles. The van der Waals surface area contributed by atoms with Crippen molar-refractivity contribution in [2.75, 3.05) is 6.54 Å². The minimum atomic E-state index is -1.46. The topological polar surface area (TPSA) is 96.4 Å². The fourth-order valence-electron chi connectivity index (χ4n) is 4.00. The Hall–Kier alpha value is -3.10. The van der Waals surface area contributed by atoms with Crippen molar-refractivity contribution < 1.29 is 33.4 Å². The number of imide groups is 1. The van der Waals surface area contributed by atoms with Crippen molar-refractivity contribution in [2.45, 2.75) is 96.9 Å². The maximum atomic E-state index is 13.3. The maximum Gasteiger partial charge on any atom is 0.420 e. The molecule has 1 N–H and O–H groups in total. The molecule has 200 valence electrons. The Bertz CT molecular complexity index is 936. The van der Waals surface area contributed by atoms with E-state index in [0.717, 1.165) is 17.7 Å². The third kappa shape index (κ3) is 8.53. The summed E-state index contributed by atoms with van der Waals surface area (Å²) in [6, 6.07) is 5.13. The molecule has 3 atom stereocenters. The van der Waals surface area contributed by atoms with Gasteiger partial charge in [0.2, 0.25) is 0 Å². The third-order valence-corrected chi connectivity index (χ3v) is 5.60. The zero-order valence-corrected chi connectivity index (χ0v) is 22.3. The lowest BCUT2D eigenvalue weighted by atomic mass is 10.1. The Kier molecular flexibility index (Phi) is 9.15. The van der Waals surface area contributed by atoms with E-state index in [1.54, 1.807) is 53.7 Å². The molecule has 1 aromatic rings. The van der Waals surface area contributed by atoms with Crippen molar-refractivity contribution >= 4 is 18.2 Å². The number of hydrogen-bond acceptors (Lipinski definition) is 6. The number of halogens is 1. The summed E-state index contributed by atoms with van der Waals surface area (Å²) in [5.74, 6) is -1.38. The van der Waals surface area contributed by atoms with Crippen molar-refractivity contribution in [3.05, 3.63) is 47.9 Å². The van der Waals surface area contributed by atoms with Gasteiger partial charge >= 0.3 is 18.2 Å². The fraction of sp³-hybridized carbons (Fsp3) is 0.593. The molecule has 0 radical (unpaired) electrons. The molecule has 1 aromatic carbocycles. The van der Waals surface area contributed by atoms with E-state index < -0.39 is 35.4 Å². The lowest BCUT2D eigenvalue weighted by Gasteiger charge is -2.32. The highest BCUT2D eigenvalue weighted by atomic mass is 19.1. The molecule has 0 aliphatic heterocycles. The van der Waals surface area contributed by atoms with Crippen LogP contribution in [-0.4, -0.2) is 62.9 Å². The second kappa shape index (κ2) is 11.3. The fourth-order valence-corrected chi connectivity index (χ4v) is 4.00. The van der Waals surface area contributed by atoms with Crippen LogP contribution in [0.25, 0.3) is 0 Å². The number of aliphatic carboxylic acids is 1. The number of nitrogens with zero attached hydrogens (tertiary/aromatic N) is 2. The molecule has 36 heavy (non-hydrogen) atoms. The molecule has 1 saturated carbocycles. The van der Waals surface area contributed by atoms with Gasteiger partial charge in [0, 0.05) is 24.2 Å². The van der Waals surface area contributed by atoms with Crippen LogP contribution in [0.3, 0.4) is 0 Å². The first-order valence-electron chi connectivity index (χ1n) is 12.2. The molecule has 1 aliphatic carbocycles. The van der Waals surface area contributed by atoms with Crippen LogP contribution < -0.4 is 0 Å². The average Bonchev–Trinajstić information content (AvgIpc) is 3.47. The van der Waals surface area contributed by atoms with Crippen LogP contribution in [0.4, 0.5) is 14.0 Å². The predicted molar refractivity (Wildman–Crippen MR) is 134 cm³/mol. The Labute approximate surface area is 213 Å². The summed E-state index contributed by atoms with van der Waals surface area (Å²) in [5.41, 5.74) is 0.00137. The van der Waals surface area contributed by atoms with Crippen molar-refractivity contribution in [3.8, 4) is 0 Å². The molecule has 1 aliphatic rings. The van der Waals surface area contributed by atoms with E-state index in [2.05, 4.69) is 11.5 Å². The van der Waals surface area contributed by atoms with Crippen molar-refractivity contribution in [1.29, 1.82) is 0 Å². The van der Waals surface area contributed by atoms with Crippen molar-refractivity contribution in [2.24, 2.45) is 0 Å². The number of benzene rings is 1.